The molecule has 0 radical (unpaired) electrons. The molecule has 0 aliphatic carbocycles. The minimum atomic E-state index is -0.598. The molecule has 0 aliphatic rings. The number of anilines is 1. The van der Waals surface area contributed by atoms with Crippen molar-refractivity contribution in [2.75, 3.05) is 5.32 Å². The highest BCUT2D eigenvalue weighted by atomic mass is 79.9. The number of benzene rings is 2. The first-order valence-electron chi connectivity index (χ1n) is 5.59. The first kappa shape index (κ1) is 14.4. The molecular weight excluding hydrogens is 334 g/mol. The van der Waals surface area contributed by atoms with Crippen LogP contribution in [0.3, 0.4) is 0 Å². The maximum absolute atomic E-state index is 13.5. The molecule has 0 heterocycles. The van der Waals surface area contributed by atoms with Gasteiger partial charge < -0.3 is 5.32 Å². The quantitative estimate of drug-likeness (QED) is 0.667. The summed E-state index contributed by atoms with van der Waals surface area (Å²) < 4.78 is 26.9. The molecule has 0 aromatic heterocycles. The van der Waals surface area contributed by atoms with Gasteiger partial charge in [-0.1, -0.05) is 6.07 Å². The van der Waals surface area contributed by atoms with Gasteiger partial charge in [0.05, 0.1) is 15.1 Å². The first-order valence-corrected chi connectivity index (χ1v) is 6.38. The van der Waals surface area contributed by atoms with E-state index in [1.54, 1.807) is 12.1 Å². The molecule has 0 saturated heterocycles. The van der Waals surface area contributed by atoms with E-state index in [1.807, 2.05) is 0 Å². The molecule has 0 atom stereocenters. The normalized spacial score (nSPS) is 10.3. The van der Waals surface area contributed by atoms with Gasteiger partial charge in [-0.3, -0.25) is 10.1 Å². The Morgan fingerprint density at radius 2 is 1.85 bits per heavy atom. The number of hydrogen-bond donors (Lipinski definition) is 1. The zero-order valence-electron chi connectivity index (χ0n) is 10.1. The second-order valence-corrected chi connectivity index (χ2v) is 4.88. The van der Waals surface area contributed by atoms with Gasteiger partial charge in [-0.15, -0.1) is 0 Å². The molecule has 0 amide bonds. The Hall–Kier alpha value is -2.02. The summed E-state index contributed by atoms with van der Waals surface area (Å²) >= 11 is 3.05. The highest BCUT2D eigenvalue weighted by Crippen LogP contribution is 2.23. The van der Waals surface area contributed by atoms with Crippen LogP contribution in [-0.4, -0.2) is 4.92 Å². The largest absolute Gasteiger partial charge is 0.378 e. The maximum Gasteiger partial charge on any atom is 0.271 e. The molecular formula is C13H9BrF2N2O2. The van der Waals surface area contributed by atoms with Gasteiger partial charge in [-0.2, -0.15) is 0 Å². The van der Waals surface area contributed by atoms with Crippen LogP contribution in [0.25, 0.3) is 0 Å². The number of halogens is 3. The fourth-order valence-electron chi connectivity index (χ4n) is 1.61. The van der Waals surface area contributed by atoms with Crippen molar-refractivity contribution in [1.29, 1.82) is 0 Å². The number of nitro benzene ring substituents is 1. The van der Waals surface area contributed by atoms with Crippen LogP contribution in [0.15, 0.2) is 40.9 Å². The standard InChI is InChI=1S/C13H9BrF2N2O2/c14-10-5-8(1-3-11(10)15)7-17-13-6-9(18(19)20)2-4-12(13)16/h1-6,17H,7H2. The lowest BCUT2D eigenvalue weighted by Gasteiger charge is -2.08. The third-order valence-corrected chi connectivity index (χ3v) is 3.24. The molecule has 7 heteroatoms. The van der Waals surface area contributed by atoms with Crippen molar-refractivity contribution in [2.24, 2.45) is 0 Å². The molecule has 0 unspecified atom stereocenters. The Bertz CT molecular complexity index is 665. The third-order valence-electron chi connectivity index (χ3n) is 2.63. The SMILES string of the molecule is O=[N+]([O-])c1ccc(F)c(NCc2ccc(F)c(Br)c2)c1. The Morgan fingerprint density at radius 3 is 2.50 bits per heavy atom. The Balaban J connectivity index is 2.15. The van der Waals surface area contributed by atoms with Gasteiger partial charge in [0, 0.05) is 18.7 Å². The maximum atomic E-state index is 13.5. The summed E-state index contributed by atoms with van der Waals surface area (Å²) in [5.74, 6) is -0.980. The first-order chi connectivity index (χ1) is 9.47. The van der Waals surface area contributed by atoms with Crippen molar-refractivity contribution >= 4 is 27.3 Å². The van der Waals surface area contributed by atoms with Crippen molar-refractivity contribution in [3.05, 3.63) is 68.2 Å². The average molecular weight is 343 g/mol. The molecule has 2 aromatic rings. The van der Waals surface area contributed by atoms with Gasteiger partial charge in [0.15, 0.2) is 0 Å². The molecule has 0 spiro atoms. The number of nitrogens with one attached hydrogen (secondary N) is 1. The summed E-state index contributed by atoms with van der Waals surface area (Å²) in [7, 11) is 0. The highest BCUT2D eigenvalue weighted by molar-refractivity contribution is 9.10. The van der Waals surface area contributed by atoms with Crippen LogP contribution < -0.4 is 5.32 Å². The van der Waals surface area contributed by atoms with Crippen molar-refractivity contribution in [2.45, 2.75) is 6.54 Å². The third kappa shape index (κ3) is 3.30. The van der Waals surface area contributed by atoms with Gasteiger partial charge in [-0.05, 0) is 39.7 Å². The predicted octanol–water partition coefficient (Wildman–Crippen LogP) is 4.25. The van der Waals surface area contributed by atoms with Crippen molar-refractivity contribution < 1.29 is 13.7 Å². The lowest BCUT2D eigenvalue weighted by atomic mass is 10.2. The van der Waals surface area contributed by atoms with Crippen LogP contribution in [0.5, 0.6) is 0 Å². The number of rotatable bonds is 4. The molecule has 2 aromatic carbocycles. The predicted molar refractivity (Wildman–Crippen MR) is 74.5 cm³/mol. The summed E-state index contributed by atoms with van der Waals surface area (Å²) in [6.45, 7) is 0.219. The highest BCUT2D eigenvalue weighted by Gasteiger charge is 2.10. The average Bonchev–Trinajstić information content (AvgIpc) is 2.41. The second kappa shape index (κ2) is 5.96. The molecule has 1 N–H and O–H groups in total. The van der Waals surface area contributed by atoms with Crippen molar-refractivity contribution in [3.8, 4) is 0 Å². The molecule has 0 saturated carbocycles. The monoisotopic (exact) mass is 342 g/mol. The fourth-order valence-corrected chi connectivity index (χ4v) is 2.04. The second-order valence-electron chi connectivity index (χ2n) is 4.02. The minimum absolute atomic E-state index is 0.0275. The molecule has 4 nitrogen and oxygen atoms in total. The van der Waals surface area contributed by atoms with Crippen LogP contribution >= 0.6 is 15.9 Å². The van der Waals surface area contributed by atoms with E-state index in [1.165, 1.54) is 6.07 Å². The minimum Gasteiger partial charge on any atom is -0.378 e. The zero-order valence-corrected chi connectivity index (χ0v) is 11.7. The molecule has 0 fully saturated rings. The number of nitrogens with zero attached hydrogens (tertiary/aromatic N) is 1. The van der Waals surface area contributed by atoms with Crippen LogP contribution in [0.4, 0.5) is 20.2 Å². The summed E-state index contributed by atoms with van der Waals surface area (Å²) in [4.78, 5) is 10.0. The summed E-state index contributed by atoms with van der Waals surface area (Å²) in [6, 6.07) is 7.62. The summed E-state index contributed by atoms with van der Waals surface area (Å²) in [5.41, 5.74) is 0.540. The van der Waals surface area contributed by atoms with Gasteiger partial charge in [-0.25, -0.2) is 8.78 Å². The molecule has 0 aliphatic heterocycles. The Morgan fingerprint density at radius 1 is 1.15 bits per heavy atom. The smallest absolute Gasteiger partial charge is 0.271 e. The lowest BCUT2D eigenvalue weighted by Crippen LogP contribution is -2.02. The van der Waals surface area contributed by atoms with E-state index in [4.69, 9.17) is 0 Å². The van der Waals surface area contributed by atoms with Crippen molar-refractivity contribution in [1.82, 2.24) is 0 Å². The van der Waals surface area contributed by atoms with E-state index in [2.05, 4.69) is 21.2 Å². The topological polar surface area (TPSA) is 55.2 Å². The summed E-state index contributed by atoms with van der Waals surface area (Å²) in [5, 5.41) is 13.4. The number of non-ortho nitro benzene ring substituents is 1. The lowest BCUT2D eigenvalue weighted by molar-refractivity contribution is -0.384. The summed E-state index contributed by atoms with van der Waals surface area (Å²) in [6.07, 6.45) is 0. The van der Waals surface area contributed by atoms with E-state index < -0.39 is 16.6 Å². The number of nitro groups is 1. The van der Waals surface area contributed by atoms with Gasteiger partial charge >= 0.3 is 0 Å². The van der Waals surface area contributed by atoms with Gasteiger partial charge in [0.25, 0.3) is 5.69 Å². The Kier molecular flexibility index (Phi) is 4.29. The van der Waals surface area contributed by atoms with Crippen LogP contribution in [0.1, 0.15) is 5.56 Å². The van der Waals surface area contributed by atoms with Crippen molar-refractivity contribution in [3.63, 3.8) is 0 Å². The zero-order chi connectivity index (χ0) is 14.7. The molecule has 20 heavy (non-hydrogen) atoms. The van der Waals surface area contributed by atoms with Gasteiger partial charge in [0.1, 0.15) is 11.6 Å². The molecule has 0 bridgehead atoms. The van der Waals surface area contributed by atoms with E-state index in [-0.39, 0.29) is 17.9 Å². The number of hydrogen-bond acceptors (Lipinski definition) is 3. The van der Waals surface area contributed by atoms with Crippen LogP contribution in [-0.2, 0) is 6.54 Å². The van der Waals surface area contributed by atoms with E-state index >= 15 is 0 Å². The van der Waals surface area contributed by atoms with E-state index in [0.29, 0.717) is 10.0 Å². The molecule has 2 rings (SSSR count). The van der Waals surface area contributed by atoms with Gasteiger partial charge in [0.2, 0.25) is 0 Å². The molecule has 104 valence electrons. The van der Waals surface area contributed by atoms with Crippen LogP contribution in [0.2, 0.25) is 0 Å². The van der Waals surface area contributed by atoms with E-state index in [9.17, 15) is 18.9 Å². The van der Waals surface area contributed by atoms with E-state index in [0.717, 1.165) is 18.2 Å². The fraction of sp³-hybridized carbons (Fsp3) is 0.0769. The Labute approximate surface area is 121 Å². The van der Waals surface area contributed by atoms with Crippen LogP contribution in [0, 0.1) is 21.7 Å².